The van der Waals surface area contributed by atoms with Crippen LogP contribution in [0.4, 0.5) is 24.5 Å². The highest BCUT2D eigenvalue weighted by Crippen LogP contribution is 2.37. The lowest BCUT2D eigenvalue weighted by atomic mass is 10.1. The molecule has 6 heteroatoms. The maximum absolute atomic E-state index is 12.8. The number of anilines is 2. The topological polar surface area (TPSA) is 24.9 Å². The Morgan fingerprint density at radius 1 is 1.17 bits per heavy atom. The summed E-state index contributed by atoms with van der Waals surface area (Å²) in [6.45, 7) is 0. The summed E-state index contributed by atoms with van der Waals surface area (Å²) in [5.41, 5.74) is -0.385. The highest BCUT2D eigenvalue weighted by molar-refractivity contribution is 6.30. The van der Waals surface area contributed by atoms with Gasteiger partial charge in [0.15, 0.2) is 0 Å². The maximum atomic E-state index is 12.8. The molecule has 0 unspecified atom stereocenters. The summed E-state index contributed by atoms with van der Waals surface area (Å²) in [6.07, 6.45) is -1.48. The molecule has 0 saturated carbocycles. The van der Waals surface area contributed by atoms with Crippen LogP contribution in [0, 0.1) is 0 Å². The molecule has 2 aromatic rings. The van der Waals surface area contributed by atoms with E-state index in [1.165, 1.54) is 24.5 Å². The van der Waals surface area contributed by atoms with Crippen molar-refractivity contribution in [3.05, 3.63) is 53.3 Å². The predicted molar refractivity (Wildman–Crippen MR) is 64.0 cm³/mol. The van der Waals surface area contributed by atoms with E-state index in [4.69, 9.17) is 11.6 Å². The zero-order valence-corrected chi connectivity index (χ0v) is 9.76. The number of pyridine rings is 1. The van der Waals surface area contributed by atoms with E-state index in [0.29, 0.717) is 5.69 Å². The molecule has 0 aliphatic carbocycles. The highest BCUT2D eigenvalue weighted by Gasteiger charge is 2.33. The average molecular weight is 273 g/mol. The van der Waals surface area contributed by atoms with Crippen molar-refractivity contribution in [2.75, 3.05) is 5.32 Å². The molecular weight excluding hydrogens is 265 g/mol. The van der Waals surface area contributed by atoms with Crippen molar-refractivity contribution in [2.24, 2.45) is 0 Å². The third-order valence-corrected chi connectivity index (χ3v) is 2.46. The molecular formula is C12H8ClF3N2. The van der Waals surface area contributed by atoms with Gasteiger partial charge in [0.25, 0.3) is 0 Å². The standard InChI is InChI=1S/C12H8ClF3N2/c13-8-3-4-11(10(6-8)12(14,15)16)18-9-2-1-5-17-7-9/h1-7,18H. The van der Waals surface area contributed by atoms with Gasteiger partial charge in [-0.2, -0.15) is 13.2 Å². The van der Waals surface area contributed by atoms with Crippen molar-refractivity contribution in [3.63, 3.8) is 0 Å². The van der Waals surface area contributed by atoms with Crippen molar-refractivity contribution in [1.82, 2.24) is 4.98 Å². The van der Waals surface area contributed by atoms with Gasteiger partial charge in [-0.1, -0.05) is 11.6 Å². The number of rotatable bonds is 2. The summed E-state index contributed by atoms with van der Waals surface area (Å²) >= 11 is 5.59. The van der Waals surface area contributed by atoms with E-state index >= 15 is 0 Å². The van der Waals surface area contributed by atoms with Crippen LogP contribution in [0.2, 0.25) is 5.02 Å². The zero-order chi connectivity index (χ0) is 13.2. The first-order valence-corrected chi connectivity index (χ1v) is 5.38. The lowest BCUT2D eigenvalue weighted by Crippen LogP contribution is -2.08. The van der Waals surface area contributed by atoms with Gasteiger partial charge in [-0.05, 0) is 30.3 Å². The van der Waals surface area contributed by atoms with Crippen LogP contribution >= 0.6 is 11.6 Å². The van der Waals surface area contributed by atoms with Crippen molar-refractivity contribution in [1.29, 1.82) is 0 Å². The van der Waals surface area contributed by atoms with Gasteiger partial charge in [-0.3, -0.25) is 4.98 Å². The summed E-state index contributed by atoms with van der Waals surface area (Å²) in [4.78, 5) is 3.82. The molecule has 0 aliphatic heterocycles. The Morgan fingerprint density at radius 2 is 1.94 bits per heavy atom. The second-order valence-electron chi connectivity index (χ2n) is 3.55. The van der Waals surface area contributed by atoms with Crippen LogP contribution in [0.5, 0.6) is 0 Å². The molecule has 0 bridgehead atoms. The molecule has 1 aromatic heterocycles. The first-order valence-electron chi connectivity index (χ1n) is 5.00. The normalized spacial score (nSPS) is 11.3. The van der Waals surface area contributed by atoms with E-state index in [9.17, 15) is 13.2 Å². The quantitative estimate of drug-likeness (QED) is 0.871. The van der Waals surface area contributed by atoms with Crippen LogP contribution in [-0.2, 0) is 6.18 Å². The second-order valence-corrected chi connectivity index (χ2v) is 3.99. The molecule has 94 valence electrons. The maximum Gasteiger partial charge on any atom is 0.418 e. The molecule has 0 saturated heterocycles. The molecule has 0 radical (unpaired) electrons. The summed E-state index contributed by atoms with van der Waals surface area (Å²) in [5, 5.41) is 2.71. The van der Waals surface area contributed by atoms with Crippen molar-refractivity contribution >= 4 is 23.0 Å². The largest absolute Gasteiger partial charge is 0.418 e. The van der Waals surface area contributed by atoms with E-state index in [1.54, 1.807) is 12.1 Å². The fourth-order valence-electron chi connectivity index (χ4n) is 1.45. The van der Waals surface area contributed by atoms with E-state index in [-0.39, 0.29) is 10.7 Å². The third kappa shape index (κ3) is 2.92. The SMILES string of the molecule is FC(F)(F)c1cc(Cl)ccc1Nc1cccnc1. The molecule has 1 N–H and O–H groups in total. The van der Waals surface area contributed by atoms with E-state index in [0.717, 1.165) is 6.07 Å². The number of aromatic nitrogens is 1. The summed E-state index contributed by atoms with van der Waals surface area (Å²) in [7, 11) is 0. The number of hydrogen-bond donors (Lipinski definition) is 1. The van der Waals surface area contributed by atoms with Crippen LogP contribution in [0.3, 0.4) is 0 Å². The van der Waals surface area contributed by atoms with E-state index in [1.807, 2.05) is 0 Å². The van der Waals surface area contributed by atoms with Gasteiger partial charge in [0.05, 0.1) is 23.1 Å². The Labute approximate surface area is 106 Å². The van der Waals surface area contributed by atoms with Gasteiger partial charge in [0.2, 0.25) is 0 Å². The van der Waals surface area contributed by atoms with Gasteiger partial charge in [0.1, 0.15) is 0 Å². The minimum absolute atomic E-state index is 0.0408. The highest BCUT2D eigenvalue weighted by atomic mass is 35.5. The minimum atomic E-state index is -4.46. The van der Waals surface area contributed by atoms with Gasteiger partial charge < -0.3 is 5.32 Å². The van der Waals surface area contributed by atoms with Gasteiger partial charge in [-0.15, -0.1) is 0 Å². The number of hydrogen-bond acceptors (Lipinski definition) is 2. The molecule has 2 rings (SSSR count). The van der Waals surface area contributed by atoms with Crippen LogP contribution in [0.1, 0.15) is 5.56 Å². The van der Waals surface area contributed by atoms with Gasteiger partial charge in [-0.25, -0.2) is 0 Å². The molecule has 0 amide bonds. The van der Waals surface area contributed by atoms with E-state index < -0.39 is 11.7 Å². The monoisotopic (exact) mass is 272 g/mol. The fraction of sp³-hybridized carbons (Fsp3) is 0.0833. The van der Waals surface area contributed by atoms with Crippen molar-refractivity contribution in [3.8, 4) is 0 Å². The first kappa shape index (κ1) is 12.7. The lowest BCUT2D eigenvalue weighted by Gasteiger charge is -2.14. The zero-order valence-electron chi connectivity index (χ0n) is 9.00. The number of halogens is 4. The molecule has 2 nitrogen and oxygen atoms in total. The van der Waals surface area contributed by atoms with Crippen LogP contribution in [0.25, 0.3) is 0 Å². The molecule has 0 spiro atoms. The Bertz CT molecular complexity index is 541. The van der Waals surface area contributed by atoms with Crippen LogP contribution in [0.15, 0.2) is 42.7 Å². The minimum Gasteiger partial charge on any atom is -0.354 e. The van der Waals surface area contributed by atoms with Crippen molar-refractivity contribution < 1.29 is 13.2 Å². The molecule has 18 heavy (non-hydrogen) atoms. The molecule has 0 fully saturated rings. The van der Waals surface area contributed by atoms with Crippen LogP contribution in [-0.4, -0.2) is 4.98 Å². The number of nitrogens with one attached hydrogen (secondary N) is 1. The predicted octanol–water partition coefficient (Wildman–Crippen LogP) is 4.50. The Kier molecular flexibility index (Phi) is 3.43. The number of benzene rings is 1. The van der Waals surface area contributed by atoms with E-state index in [2.05, 4.69) is 10.3 Å². The fourth-order valence-corrected chi connectivity index (χ4v) is 1.62. The van der Waals surface area contributed by atoms with Crippen molar-refractivity contribution in [2.45, 2.75) is 6.18 Å². The van der Waals surface area contributed by atoms with Crippen LogP contribution < -0.4 is 5.32 Å². The van der Waals surface area contributed by atoms with Gasteiger partial charge in [0, 0.05) is 11.2 Å². The van der Waals surface area contributed by atoms with Gasteiger partial charge >= 0.3 is 6.18 Å². The summed E-state index contributed by atoms with van der Waals surface area (Å²) in [6, 6.07) is 6.83. The molecule has 1 heterocycles. The Balaban J connectivity index is 2.39. The summed E-state index contributed by atoms with van der Waals surface area (Å²) < 4.78 is 38.5. The molecule has 0 atom stereocenters. The Morgan fingerprint density at radius 3 is 2.56 bits per heavy atom. The first-order chi connectivity index (χ1) is 8.47. The Hall–Kier alpha value is -1.75. The number of alkyl halides is 3. The second kappa shape index (κ2) is 4.86. The summed E-state index contributed by atoms with van der Waals surface area (Å²) in [5.74, 6) is 0. The average Bonchev–Trinajstić information content (AvgIpc) is 2.31. The lowest BCUT2D eigenvalue weighted by molar-refractivity contribution is -0.136. The third-order valence-electron chi connectivity index (χ3n) is 2.23. The molecule has 0 aliphatic rings. The molecule has 1 aromatic carbocycles. The smallest absolute Gasteiger partial charge is 0.354 e. The number of nitrogens with zero attached hydrogens (tertiary/aromatic N) is 1.